The predicted octanol–water partition coefficient (Wildman–Crippen LogP) is 3.76. The summed E-state index contributed by atoms with van der Waals surface area (Å²) < 4.78 is 11.9. The van der Waals surface area contributed by atoms with Gasteiger partial charge in [0.2, 0.25) is 0 Å². The molecule has 0 amide bonds. The van der Waals surface area contributed by atoms with Crippen LogP contribution in [0.25, 0.3) is 0 Å². The highest BCUT2D eigenvalue weighted by atomic mass is 35.5. The van der Waals surface area contributed by atoms with Crippen molar-refractivity contribution in [2.24, 2.45) is 5.92 Å². The van der Waals surface area contributed by atoms with Crippen molar-refractivity contribution in [1.29, 1.82) is 0 Å². The van der Waals surface area contributed by atoms with E-state index >= 15 is 0 Å². The maximum atomic E-state index is 6.18. The Morgan fingerprint density at radius 1 is 1.18 bits per heavy atom. The second-order valence-corrected chi connectivity index (χ2v) is 6.20. The van der Waals surface area contributed by atoms with Gasteiger partial charge in [-0.05, 0) is 44.4 Å². The zero-order valence-corrected chi connectivity index (χ0v) is 11.8. The van der Waals surface area contributed by atoms with Crippen LogP contribution in [0.1, 0.15) is 52.4 Å². The van der Waals surface area contributed by atoms with Crippen molar-refractivity contribution in [3.8, 4) is 0 Å². The maximum Gasteiger partial charge on any atom is 0.100 e. The fraction of sp³-hybridized carbons (Fsp3) is 1.00. The number of hydrogen-bond donors (Lipinski definition) is 0. The van der Waals surface area contributed by atoms with E-state index in [0.717, 1.165) is 25.4 Å². The third kappa shape index (κ3) is 3.59. The lowest BCUT2D eigenvalue weighted by Gasteiger charge is -2.43. The van der Waals surface area contributed by atoms with E-state index in [-0.39, 0.29) is 17.6 Å². The normalized spacial score (nSPS) is 42.2. The molecule has 0 aromatic heterocycles. The third-order valence-corrected chi connectivity index (χ3v) is 4.45. The van der Waals surface area contributed by atoms with Gasteiger partial charge in [-0.3, -0.25) is 0 Å². The number of ether oxygens (including phenoxy) is 2. The number of halogens is 1. The Morgan fingerprint density at radius 2 is 1.88 bits per heavy atom. The largest absolute Gasteiger partial charge is 0.374 e. The molecule has 0 aromatic rings. The molecule has 0 saturated heterocycles. The topological polar surface area (TPSA) is 18.5 Å². The second-order valence-electron chi connectivity index (χ2n) is 5.64. The zero-order valence-electron chi connectivity index (χ0n) is 11.0. The van der Waals surface area contributed by atoms with E-state index in [9.17, 15) is 0 Å². The molecule has 0 spiro atoms. The van der Waals surface area contributed by atoms with E-state index in [4.69, 9.17) is 21.1 Å². The van der Waals surface area contributed by atoms with Crippen LogP contribution in [0.4, 0.5) is 0 Å². The van der Waals surface area contributed by atoms with Crippen molar-refractivity contribution in [1.82, 2.24) is 0 Å². The van der Waals surface area contributed by atoms with Gasteiger partial charge in [0, 0.05) is 6.61 Å². The molecule has 3 unspecified atom stereocenters. The molecular weight excluding hydrogens is 236 g/mol. The molecule has 2 aliphatic carbocycles. The van der Waals surface area contributed by atoms with Crippen LogP contribution in [0.5, 0.6) is 0 Å². The van der Waals surface area contributed by atoms with Crippen LogP contribution in [-0.4, -0.2) is 30.3 Å². The Hall–Kier alpha value is 0.210. The summed E-state index contributed by atoms with van der Waals surface area (Å²) in [5, 5.41) is 0.161. The standard InChI is InChI=1S/C14H25ClO2/c1-3-8-16-14-12(15)9-13(14)17-11-6-4-10(2)5-7-11/h10-14H,3-9H2,1-2H3. The van der Waals surface area contributed by atoms with E-state index in [2.05, 4.69) is 13.8 Å². The van der Waals surface area contributed by atoms with Crippen LogP contribution < -0.4 is 0 Å². The number of alkyl halides is 1. The lowest BCUT2D eigenvalue weighted by atomic mass is 9.87. The average molecular weight is 261 g/mol. The summed E-state index contributed by atoms with van der Waals surface area (Å²) in [5.74, 6) is 0.879. The SMILES string of the molecule is CCCOC1C(Cl)CC1OC1CCC(C)CC1. The van der Waals surface area contributed by atoms with Gasteiger partial charge in [-0.15, -0.1) is 11.6 Å². The van der Waals surface area contributed by atoms with Gasteiger partial charge in [0.1, 0.15) is 6.10 Å². The molecule has 2 saturated carbocycles. The highest BCUT2D eigenvalue weighted by Gasteiger charge is 2.43. The van der Waals surface area contributed by atoms with Gasteiger partial charge < -0.3 is 9.47 Å². The molecule has 0 heterocycles. The maximum absolute atomic E-state index is 6.18. The highest BCUT2D eigenvalue weighted by Crippen LogP contribution is 2.35. The summed E-state index contributed by atoms with van der Waals surface area (Å²) in [5.41, 5.74) is 0. The van der Waals surface area contributed by atoms with Crippen LogP contribution in [0, 0.1) is 5.92 Å². The van der Waals surface area contributed by atoms with E-state index in [1.54, 1.807) is 0 Å². The molecule has 2 fully saturated rings. The second kappa shape index (κ2) is 6.40. The van der Waals surface area contributed by atoms with Crippen molar-refractivity contribution in [2.45, 2.75) is 76.1 Å². The van der Waals surface area contributed by atoms with Gasteiger partial charge in [0.25, 0.3) is 0 Å². The quantitative estimate of drug-likeness (QED) is 0.701. The van der Waals surface area contributed by atoms with Crippen LogP contribution in [0.15, 0.2) is 0 Å². The van der Waals surface area contributed by atoms with Crippen molar-refractivity contribution < 1.29 is 9.47 Å². The molecule has 3 heteroatoms. The number of rotatable bonds is 5. The fourth-order valence-corrected chi connectivity index (χ4v) is 3.15. The minimum absolute atomic E-state index is 0.135. The summed E-state index contributed by atoms with van der Waals surface area (Å²) in [6.45, 7) is 5.26. The van der Waals surface area contributed by atoms with Crippen molar-refractivity contribution in [2.75, 3.05) is 6.61 Å². The van der Waals surface area contributed by atoms with Crippen molar-refractivity contribution >= 4 is 11.6 Å². The molecule has 2 aliphatic rings. The molecule has 0 aliphatic heterocycles. The van der Waals surface area contributed by atoms with Crippen molar-refractivity contribution in [3.05, 3.63) is 0 Å². The molecular formula is C14H25ClO2. The van der Waals surface area contributed by atoms with Gasteiger partial charge in [-0.25, -0.2) is 0 Å². The molecule has 3 atom stereocenters. The first-order valence-electron chi connectivity index (χ1n) is 7.11. The van der Waals surface area contributed by atoms with Gasteiger partial charge in [-0.2, -0.15) is 0 Å². The molecule has 0 aromatic carbocycles. The first kappa shape index (κ1) is 13.6. The van der Waals surface area contributed by atoms with Gasteiger partial charge in [0.15, 0.2) is 0 Å². The average Bonchev–Trinajstić information content (AvgIpc) is 2.31. The highest BCUT2D eigenvalue weighted by molar-refractivity contribution is 6.21. The lowest BCUT2D eigenvalue weighted by molar-refractivity contribution is -0.155. The summed E-state index contributed by atoms with van der Waals surface area (Å²) in [4.78, 5) is 0. The summed E-state index contributed by atoms with van der Waals surface area (Å²) >= 11 is 6.18. The Kier molecular flexibility index (Phi) is 5.13. The molecule has 17 heavy (non-hydrogen) atoms. The monoisotopic (exact) mass is 260 g/mol. The summed E-state index contributed by atoms with van der Waals surface area (Å²) in [6, 6.07) is 0. The molecule has 0 N–H and O–H groups in total. The van der Waals surface area contributed by atoms with E-state index in [1.165, 1.54) is 25.7 Å². The molecule has 2 rings (SSSR count). The van der Waals surface area contributed by atoms with E-state index in [1.807, 2.05) is 0 Å². The van der Waals surface area contributed by atoms with Crippen LogP contribution in [-0.2, 0) is 9.47 Å². The molecule has 0 bridgehead atoms. The molecule has 0 radical (unpaired) electrons. The first-order valence-corrected chi connectivity index (χ1v) is 7.55. The van der Waals surface area contributed by atoms with Crippen LogP contribution in [0.3, 0.4) is 0 Å². The molecule has 2 nitrogen and oxygen atoms in total. The fourth-order valence-electron chi connectivity index (χ4n) is 2.74. The Balaban J connectivity index is 1.71. The van der Waals surface area contributed by atoms with Crippen LogP contribution in [0.2, 0.25) is 0 Å². The minimum atomic E-state index is 0.135. The van der Waals surface area contributed by atoms with Crippen molar-refractivity contribution in [3.63, 3.8) is 0 Å². The van der Waals surface area contributed by atoms with E-state index in [0.29, 0.717) is 6.10 Å². The first-order chi connectivity index (χ1) is 8.20. The van der Waals surface area contributed by atoms with Gasteiger partial charge in [-0.1, -0.05) is 13.8 Å². The molecule has 100 valence electrons. The Morgan fingerprint density at radius 3 is 2.47 bits per heavy atom. The minimum Gasteiger partial charge on any atom is -0.374 e. The van der Waals surface area contributed by atoms with Gasteiger partial charge >= 0.3 is 0 Å². The smallest absolute Gasteiger partial charge is 0.100 e. The lowest BCUT2D eigenvalue weighted by Crippen LogP contribution is -2.52. The predicted molar refractivity (Wildman–Crippen MR) is 70.6 cm³/mol. The van der Waals surface area contributed by atoms with Crippen LogP contribution >= 0.6 is 11.6 Å². The Labute approximate surface area is 110 Å². The number of hydrogen-bond acceptors (Lipinski definition) is 2. The summed E-state index contributed by atoms with van der Waals surface area (Å²) in [7, 11) is 0. The Bertz CT molecular complexity index is 226. The van der Waals surface area contributed by atoms with Gasteiger partial charge in [0.05, 0.1) is 17.6 Å². The zero-order chi connectivity index (χ0) is 12.3. The summed E-state index contributed by atoms with van der Waals surface area (Å²) in [6.07, 6.45) is 7.89. The van der Waals surface area contributed by atoms with E-state index < -0.39 is 0 Å². The third-order valence-electron chi connectivity index (χ3n) is 4.02.